The third-order valence-electron chi connectivity index (χ3n) is 2.88. The van der Waals surface area contributed by atoms with E-state index < -0.39 is 6.10 Å². The molecular formula is C8H11NO4. The molecule has 6 unspecified atom stereocenters. The minimum Gasteiger partial charge on any atom is -0.388 e. The summed E-state index contributed by atoms with van der Waals surface area (Å²) in [5.41, 5.74) is 0. The zero-order valence-corrected chi connectivity index (χ0v) is 7.14. The topological polar surface area (TPSA) is 74.4 Å². The molecule has 0 aromatic carbocycles. The van der Waals surface area contributed by atoms with E-state index in [1.54, 1.807) is 0 Å². The maximum Gasteiger partial charge on any atom is 0.217 e. The van der Waals surface area contributed by atoms with Crippen molar-refractivity contribution in [1.82, 2.24) is 5.32 Å². The quantitative estimate of drug-likeness (QED) is 0.482. The maximum absolute atomic E-state index is 10.8. The number of carbonyl (C=O) groups excluding carboxylic acids is 1. The van der Waals surface area contributed by atoms with E-state index >= 15 is 0 Å². The standard InChI is InChI=1S/C8H11NO4/c1-2(10)9-3-4(11)6-8(13-6)7-5(3)12-7/h3-8,11H,1H3,(H,9,10). The van der Waals surface area contributed by atoms with Gasteiger partial charge in [-0.1, -0.05) is 0 Å². The van der Waals surface area contributed by atoms with Gasteiger partial charge in [0.2, 0.25) is 5.91 Å². The molecule has 6 atom stereocenters. The van der Waals surface area contributed by atoms with Crippen molar-refractivity contribution in [2.45, 2.75) is 43.5 Å². The van der Waals surface area contributed by atoms with Crippen LogP contribution in [0, 0.1) is 0 Å². The first-order valence-electron chi connectivity index (χ1n) is 4.44. The zero-order chi connectivity index (χ0) is 9.16. The lowest BCUT2D eigenvalue weighted by Gasteiger charge is -2.22. The Labute approximate surface area is 75.0 Å². The minimum absolute atomic E-state index is 0.0392. The third kappa shape index (κ3) is 1.01. The first-order valence-corrected chi connectivity index (χ1v) is 4.44. The number of nitrogens with one attached hydrogen (secondary N) is 1. The molecule has 2 saturated heterocycles. The van der Waals surface area contributed by atoms with E-state index in [2.05, 4.69) is 5.32 Å². The first kappa shape index (κ1) is 7.73. The van der Waals surface area contributed by atoms with Crippen molar-refractivity contribution in [2.75, 3.05) is 0 Å². The SMILES string of the molecule is CC(=O)NC1C(O)C2OC2C2OC12. The molecule has 1 saturated carbocycles. The predicted octanol–water partition coefficient (Wildman–Crippen LogP) is -1.60. The Morgan fingerprint density at radius 1 is 1.23 bits per heavy atom. The molecule has 3 aliphatic rings. The fourth-order valence-electron chi connectivity index (χ4n) is 2.17. The summed E-state index contributed by atoms with van der Waals surface area (Å²) in [6.07, 6.45) is -0.601. The summed E-state index contributed by atoms with van der Waals surface area (Å²) in [5, 5.41) is 12.4. The van der Waals surface area contributed by atoms with Gasteiger partial charge in [0.25, 0.3) is 0 Å². The van der Waals surface area contributed by atoms with E-state index in [-0.39, 0.29) is 36.4 Å². The van der Waals surface area contributed by atoms with Crippen LogP contribution in [0.3, 0.4) is 0 Å². The van der Waals surface area contributed by atoms with Crippen molar-refractivity contribution >= 4 is 5.91 Å². The summed E-state index contributed by atoms with van der Waals surface area (Å²) in [7, 11) is 0. The van der Waals surface area contributed by atoms with Crippen LogP contribution in [0.2, 0.25) is 0 Å². The predicted molar refractivity (Wildman–Crippen MR) is 40.9 cm³/mol. The smallest absolute Gasteiger partial charge is 0.217 e. The number of rotatable bonds is 1. The molecular weight excluding hydrogens is 174 g/mol. The Kier molecular flexibility index (Phi) is 1.33. The first-order chi connectivity index (χ1) is 6.18. The molecule has 5 heteroatoms. The van der Waals surface area contributed by atoms with Crippen LogP contribution in [0.4, 0.5) is 0 Å². The molecule has 72 valence electrons. The number of hydrogen-bond acceptors (Lipinski definition) is 4. The molecule has 13 heavy (non-hydrogen) atoms. The Bertz CT molecular complexity index is 269. The van der Waals surface area contributed by atoms with Gasteiger partial charge in [-0.3, -0.25) is 4.79 Å². The summed E-state index contributed by atoms with van der Waals surface area (Å²) >= 11 is 0. The summed E-state index contributed by atoms with van der Waals surface area (Å²) in [4.78, 5) is 10.8. The molecule has 0 aromatic heterocycles. The van der Waals surface area contributed by atoms with E-state index in [4.69, 9.17) is 9.47 Å². The number of aliphatic hydroxyl groups is 1. The van der Waals surface area contributed by atoms with Crippen molar-refractivity contribution in [1.29, 1.82) is 0 Å². The Morgan fingerprint density at radius 2 is 1.85 bits per heavy atom. The van der Waals surface area contributed by atoms with Crippen molar-refractivity contribution in [3.8, 4) is 0 Å². The van der Waals surface area contributed by atoms with E-state index in [0.717, 1.165) is 0 Å². The van der Waals surface area contributed by atoms with Gasteiger partial charge in [-0.2, -0.15) is 0 Å². The van der Waals surface area contributed by atoms with Gasteiger partial charge in [-0.05, 0) is 0 Å². The highest BCUT2D eigenvalue weighted by atomic mass is 16.7. The molecule has 5 nitrogen and oxygen atoms in total. The highest BCUT2D eigenvalue weighted by Gasteiger charge is 2.69. The van der Waals surface area contributed by atoms with Crippen LogP contribution in [0.5, 0.6) is 0 Å². The largest absolute Gasteiger partial charge is 0.388 e. The van der Waals surface area contributed by atoms with Crippen LogP contribution in [-0.4, -0.2) is 47.6 Å². The number of hydrogen-bond donors (Lipinski definition) is 2. The van der Waals surface area contributed by atoms with Crippen molar-refractivity contribution < 1.29 is 19.4 Å². The van der Waals surface area contributed by atoms with Gasteiger partial charge in [-0.25, -0.2) is 0 Å². The van der Waals surface area contributed by atoms with E-state index in [9.17, 15) is 9.90 Å². The van der Waals surface area contributed by atoms with E-state index in [1.165, 1.54) is 6.92 Å². The molecule has 3 fully saturated rings. The van der Waals surface area contributed by atoms with Crippen LogP contribution in [0.1, 0.15) is 6.92 Å². The lowest BCUT2D eigenvalue weighted by molar-refractivity contribution is -0.120. The lowest BCUT2D eigenvalue weighted by Crippen LogP contribution is -2.52. The van der Waals surface area contributed by atoms with Gasteiger partial charge in [0.1, 0.15) is 30.5 Å². The average molecular weight is 185 g/mol. The van der Waals surface area contributed by atoms with Gasteiger partial charge in [0.15, 0.2) is 0 Å². The summed E-state index contributed by atoms with van der Waals surface area (Å²) in [6.45, 7) is 1.43. The molecule has 1 aliphatic carbocycles. The number of carbonyl (C=O) groups is 1. The van der Waals surface area contributed by atoms with Crippen LogP contribution in [0.25, 0.3) is 0 Å². The van der Waals surface area contributed by atoms with Gasteiger partial charge < -0.3 is 19.9 Å². The number of amides is 1. The molecule has 2 heterocycles. The minimum atomic E-state index is -0.613. The van der Waals surface area contributed by atoms with Crippen LogP contribution in [0.15, 0.2) is 0 Å². The summed E-state index contributed by atoms with van der Waals surface area (Å²) < 4.78 is 10.5. The highest BCUT2D eigenvalue weighted by molar-refractivity contribution is 5.73. The highest BCUT2D eigenvalue weighted by Crippen LogP contribution is 2.48. The number of ether oxygens (including phenoxy) is 2. The van der Waals surface area contributed by atoms with Crippen LogP contribution >= 0.6 is 0 Å². The fraction of sp³-hybridized carbons (Fsp3) is 0.875. The second-order valence-electron chi connectivity index (χ2n) is 3.85. The van der Waals surface area contributed by atoms with Crippen molar-refractivity contribution in [3.63, 3.8) is 0 Å². The second-order valence-corrected chi connectivity index (χ2v) is 3.85. The fourth-order valence-corrected chi connectivity index (χ4v) is 2.17. The Morgan fingerprint density at radius 3 is 2.54 bits per heavy atom. The molecule has 2 N–H and O–H groups in total. The summed E-state index contributed by atoms with van der Waals surface area (Å²) in [6, 6.07) is -0.286. The van der Waals surface area contributed by atoms with Gasteiger partial charge >= 0.3 is 0 Å². The molecule has 0 bridgehead atoms. The van der Waals surface area contributed by atoms with E-state index in [1.807, 2.05) is 0 Å². The zero-order valence-electron chi connectivity index (χ0n) is 7.14. The molecule has 0 spiro atoms. The monoisotopic (exact) mass is 185 g/mol. The van der Waals surface area contributed by atoms with E-state index in [0.29, 0.717) is 0 Å². The number of epoxide rings is 2. The molecule has 1 amide bonds. The van der Waals surface area contributed by atoms with Gasteiger partial charge in [-0.15, -0.1) is 0 Å². The summed E-state index contributed by atoms with van der Waals surface area (Å²) in [5.74, 6) is -0.141. The maximum atomic E-state index is 10.8. The molecule has 2 aliphatic heterocycles. The number of fused-ring (bicyclic) bond motifs is 3. The molecule has 3 rings (SSSR count). The van der Waals surface area contributed by atoms with Crippen LogP contribution < -0.4 is 5.32 Å². The molecule has 0 radical (unpaired) electrons. The second kappa shape index (κ2) is 2.23. The molecule has 0 aromatic rings. The number of aliphatic hydroxyl groups excluding tert-OH is 1. The van der Waals surface area contributed by atoms with Crippen molar-refractivity contribution in [3.05, 3.63) is 0 Å². The van der Waals surface area contributed by atoms with Gasteiger partial charge in [0, 0.05) is 6.92 Å². The normalized spacial score (nSPS) is 56.2. The average Bonchev–Trinajstić information content (AvgIpc) is 2.84. The Balaban J connectivity index is 1.75. The third-order valence-corrected chi connectivity index (χ3v) is 2.88. The van der Waals surface area contributed by atoms with Crippen LogP contribution in [-0.2, 0) is 14.3 Å². The van der Waals surface area contributed by atoms with Gasteiger partial charge in [0.05, 0.1) is 6.04 Å². The van der Waals surface area contributed by atoms with Crippen molar-refractivity contribution in [2.24, 2.45) is 0 Å². The lowest BCUT2D eigenvalue weighted by atomic mass is 9.92. The Hall–Kier alpha value is -0.650.